The van der Waals surface area contributed by atoms with Crippen molar-refractivity contribution in [3.63, 3.8) is 0 Å². The van der Waals surface area contributed by atoms with Crippen molar-refractivity contribution < 1.29 is 9.15 Å². The van der Waals surface area contributed by atoms with Crippen molar-refractivity contribution in [2.75, 3.05) is 7.11 Å². The molecule has 0 atom stereocenters. The standard InChI is InChI=1S/C21H21NO3/c1-16(8-5-4-6-9-18-10-7-13-22-15-18)11-12-19-14-20(24-3)17(2)21(23)25-19/h4-15H,1-3H3. The highest BCUT2D eigenvalue weighted by Crippen LogP contribution is 2.16. The monoisotopic (exact) mass is 335 g/mol. The number of aromatic nitrogens is 1. The maximum absolute atomic E-state index is 11.7. The zero-order chi connectivity index (χ0) is 18.1. The third kappa shape index (κ3) is 5.77. The van der Waals surface area contributed by atoms with E-state index in [1.54, 1.807) is 31.5 Å². The molecule has 4 nitrogen and oxygen atoms in total. The van der Waals surface area contributed by atoms with Crippen molar-refractivity contribution in [3.05, 3.63) is 93.9 Å². The van der Waals surface area contributed by atoms with E-state index in [4.69, 9.17) is 9.15 Å². The summed E-state index contributed by atoms with van der Waals surface area (Å²) in [6, 6.07) is 5.59. The van der Waals surface area contributed by atoms with Crippen molar-refractivity contribution >= 4 is 12.2 Å². The molecule has 0 aliphatic rings. The van der Waals surface area contributed by atoms with Crippen LogP contribution in [0.4, 0.5) is 0 Å². The van der Waals surface area contributed by atoms with Crippen LogP contribution in [-0.4, -0.2) is 12.1 Å². The normalized spacial score (nSPS) is 12.5. The maximum atomic E-state index is 11.7. The SMILES string of the molecule is COc1cc(C=CC(C)=CC=CC=Cc2cccnc2)oc(=O)c1C. The van der Waals surface area contributed by atoms with Gasteiger partial charge in [0.05, 0.1) is 12.7 Å². The van der Waals surface area contributed by atoms with Crippen molar-refractivity contribution in [1.82, 2.24) is 4.98 Å². The van der Waals surface area contributed by atoms with Crippen molar-refractivity contribution in [2.24, 2.45) is 0 Å². The van der Waals surface area contributed by atoms with E-state index in [1.165, 1.54) is 7.11 Å². The molecule has 0 aliphatic carbocycles. The molecule has 0 saturated heterocycles. The summed E-state index contributed by atoms with van der Waals surface area (Å²) in [6.45, 7) is 3.64. The first-order valence-electron chi connectivity index (χ1n) is 7.88. The summed E-state index contributed by atoms with van der Waals surface area (Å²) >= 11 is 0. The quantitative estimate of drug-likeness (QED) is 0.725. The van der Waals surface area contributed by atoms with Crippen LogP contribution in [0.1, 0.15) is 23.8 Å². The number of rotatable bonds is 6. The molecule has 128 valence electrons. The van der Waals surface area contributed by atoms with Crippen LogP contribution in [0.2, 0.25) is 0 Å². The highest BCUT2D eigenvalue weighted by Gasteiger charge is 2.05. The molecule has 2 aromatic heterocycles. The van der Waals surface area contributed by atoms with Crippen LogP contribution >= 0.6 is 0 Å². The van der Waals surface area contributed by atoms with Crippen molar-refractivity contribution in [3.8, 4) is 5.75 Å². The number of hydrogen-bond acceptors (Lipinski definition) is 4. The van der Waals surface area contributed by atoms with Crippen LogP contribution in [0.25, 0.3) is 12.2 Å². The third-order valence-electron chi connectivity index (χ3n) is 3.44. The Balaban J connectivity index is 2.00. The number of hydrogen-bond donors (Lipinski definition) is 0. The molecule has 0 amide bonds. The second kappa shape index (κ2) is 9.23. The first-order valence-corrected chi connectivity index (χ1v) is 7.88. The van der Waals surface area contributed by atoms with Gasteiger partial charge in [-0.05, 0) is 31.6 Å². The summed E-state index contributed by atoms with van der Waals surface area (Å²) in [5.74, 6) is 0.985. The summed E-state index contributed by atoms with van der Waals surface area (Å²) in [4.78, 5) is 15.8. The lowest BCUT2D eigenvalue weighted by Gasteiger charge is -2.03. The molecule has 0 aliphatic heterocycles. The average Bonchev–Trinajstić information content (AvgIpc) is 2.63. The Morgan fingerprint density at radius 1 is 1.24 bits per heavy atom. The lowest BCUT2D eigenvalue weighted by Crippen LogP contribution is -2.05. The highest BCUT2D eigenvalue weighted by molar-refractivity contribution is 5.51. The number of pyridine rings is 1. The van der Waals surface area contributed by atoms with Crippen LogP contribution in [0.3, 0.4) is 0 Å². The van der Waals surface area contributed by atoms with E-state index in [9.17, 15) is 4.79 Å². The smallest absolute Gasteiger partial charge is 0.342 e. The lowest BCUT2D eigenvalue weighted by molar-refractivity contribution is 0.395. The molecular formula is C21H21NO3. The molecule has 2 aromatic rings. The predicted molar refractivity (Wildman–Crippen MR) is 101 cm³/mol. The molecule has 2 heterocycles. The van der Waals surface area contributed by atoms with Gasteiger partial charge in [0.2, 0.25) is 0 Å². The fraction of sp³-hybridized carbons (Fsp3) is 0.143. The van der Waals surface area contributed by atoms with Gasteiger partial charge in [-0.2, -0.15) is 0 Å². The fourth-order valence-electron chi connectivity index (χ4n) is 2.03. The predicted octanol–water partition coefficient (Wildman–Crippen LogP) is 4.58. The Bertz CT molecular complexity index is 872. The summed E-state index contributed by atoms with van der Waals surface area (Å²) in [7, 11) is 1.53. The van der Waals surface area contributed by atoms with Crippen LogP contribution in [0.15, 0.2) is 75.8 Å². The molecule has 0 radical (unpaired) electrons. The molecule has 0 aromatic carbocycles. The van der Waals surface area contributed by atoms with E-state index < -0.39 is 0 Å². The van der Waals surface area contributed by atoms with Crippen LogP contribution in [0.5, 0.6) is 5.75 Å². The fourth-order valence-corrected chi connectivity index (χ4v) is 2.03. The maximum Gasteiger partial charge on any atom is 0.342 e. The Morgan fingerprint density at radius 2 is 2.08 bits per heavy atom. The van der Waals surface area contributed by atoms with Gasteiger partial charge in [-0.15, -0.1) is 0 Å². The number of allylic oxidation sites excluding steroid dienone is 6. The summed E-state index contributed by atoms with van der Waals surface area (Å²) in [6.07, 6.45) is 17.0. The second-order valence-electron chi connectivity index (χ2n) is 5.40. The Kier molecular flexibility index (Phi) is 6.72. The molecule has 4 heteroatoms. The minimum absolute atomic E-state index is 0.388. The van der Waals surface area contributed by atoms with Crippen LogP contribution in [0, 0.1) is 6.92 Å². The van der Waals surface area contributed by atoms with Gasteiger partial charge in [0.25, 0.3) is 0 Å². The minimum atomic E-state index is -0.388. The lowest BCUT2D eigenvalue weighted by atomic mass is 10.2. The largest absolute Gasteiger partial charge is 0.496 e. The van der Waals surface area contributed by atoms with Crippen molar-refractivity contribution in [1.29, 1.82) is 0 Å². The van der Waals surface area contributed by atoms with E-state index in [0.29, 0.717) is 17.1 Å². The molecule has 0 saturated carbocycles. The van der Waals surface area contributed by atoms with Crippen LogP contribution in [-0.2, 0) is 0 Å². The van der Waals surface area contributed by atoms with Gasteiger partial charge >= 0.3 is 5.63 Å². The van der Waals surface area contributed by atoms with Gasteiger partial charge in [-0.3, -0.25) is 4.98 Å². The van der Waals surface area contributed by atoms with Crippen molar-refractivity contribution in [2.45, 2.75) is 13.8 Å². The minimum Gasteiger partial charge on any atom is -0.496 e. The van der Waals surface area contributed by atoms with Gasteiger partial charge < -0.3 is 9.15 Å². The Labute approximate surface area is 147 Å². The zero-order valence-electron chi connectivity index (χ0n) is 14.6. The Morgan fingerprint density at radius 3 is 2.80 bits per heavy atom. The summed E-state index contributed by atoms with van der Waals surface area (Å²) in [5.41, 5.74) is 2.15. The summed E-state index contributed by atoms with van der Waals surface area (Å²) < 4.78 is 10.4. The van der Waals surface area contributed by atoms with Crippen LogP contribution < -0.4 is 10.4 Å². The molecule has 0 N–H and O–H groups in total. The third-order valence-corrected chi connectivity index (χ3v) is 3.44. The molecular weight excluding hydrogens is 314 g/mol. The Hall–Kier alpha value is -3.14. The molecule has 0 spiro atoms. The van der Waals surface area contributed by atoms with Gasteiger partial charge in [-0.1, -0.05) is 48.1 Å². The molecule has 0 unspecified atom stereocenters. The molecule has 0 fully saturated rings. The molecule has 0 bridgehead atoms. The van der Waals surface area contributed by atoms with Gasteiger partial charge in [0, 0.05) is 18.5 Å². The van der Waals surface area contributed by atoms with E-state index in [0.717, 1.165) is 11.1 Å². The molecule has 2 rings (SSSR count). The van der Waals surface area contributed by atoms with Gasteiger partial charge in [-0.25, -0.2) is 4.79 Å². The summed E-state index contributed by atoms with van der Waals surface area (Å²) in [5, 5.41) is 0. The first kappa shape index (κ1) is 18.2. The number of nitrogens with zero attached hydrogens (tertiary/aromatic N) is 1. The van der Waals surface area contributed by atoms with E-state index in [2.05, 4.69) is 4.98 Å². The van der Waals surface area contributed by atoms with Gasteiger partial charge in [0.1, 0.15) is 11.5 Å². The molecule has 25 heavy (non-hydrogen) atoms. The van der Waals surface area contributed by atoms with E-state index >= 15 is 0 Å². The van der Waals surface area contributed by atoms with E-state index in [1.807, 2.05) is 55.5 Å². The average molecular weight is 335 g/mol. The number of ether oxygens (including phenoxy) is 1. The topological polar surface area (TPSA) is 52.3 Å². The second-order valence-corrected chi connectivity index (χ2v) is 5.40. The zero-order valence-corrected chi connectivity index (χ0v) is 14.6. The highest BCUT2D eigenvalue weighted by atomic mass is 16.5. The van der Waals surface area contributed by atoms with E-state index in [-0.39, 0.29) is 5.63 Å². The van der Waals surface area contributed by atoms with Gasteiger partial charge in [0.15, 0.2) is 0 Å². The first-order chi connectivity index (χ1) is 12.1. The number of methoxy groups -OCH3 is 1.